The van der Waals surface area contributed by atoms with E-state index in [1.165, 1.54) is 0 Å². The largest absolute Gasteiger partial charge is 0.357 e. The van der Waals surface area contributed by atoms with Crippen LogP contribution in [0.25, 0.3) is 10.9 Å². The molecule has 3 heteroatoms. The summed E-state index contributed by atoms with van der Waals surface area (Å²) in [6.45, 7) is 4.08. The quantitative estimate of drug-likeness (QED) is 0.700. The zero-order valence-electron chi connectivity index (χ0n) is 9.88. The molecule has 0 amide bonds. The van der Waals surface area contributed by atoms with Crippen molar-refractivity contribution in [2.45, 2.75) is 25.6 Å². The van der Waals surface area contributed by atoms with Gasteiger partial charge in [0.2, 0.25) is 0 Å². The zero-order valence-corrected chi connectivity index (χ0v) is 10.6. The van der Waals surface area contributed by atoms with Crippen molar-refractivity contribution in [1.29, 1.82) is 0 Å². The topological polar surface area (TPSA) is 32.9 Å². The van der Waals surface area contributed by atoms with Crippen molar-refractivity contribution >= 4 is 28.3 Å². The van der Waals surface area contributed by atoms with Gasteiger partial charge in [0.15, 0.2) is 5.78 Å². The third-order valence-electron chi connectivity index (χ3n) is 3.57. The number of nitrogens with one attached hydrogen (secondary N) is 1. The minimum absolute atomic E-state index is 0.136. The highest BCUT2D eigenvalue weighted by Gasteiger charge is 2.40. The zero-order chi connectivity index (χ0) is 12.2. The van der Waals surface area contributed by atoms with Gasteiger partial charge in [-0.3, -0.25) is 4.79 Å². The normalized spacial score (nSPS) is 22.8. The summed E-state index contributed by atoms with van der Waals surface area (Å²) in [5.74, 6) is 0.194. The van der Waals surface area contributed by atoms with E-state index in [4.69, 9.17) is 11.6 Å². The van der Waals surface area contributed by atoms with E-state index >= 15 is 0 Å². The SMILES string of the molecule is CC1(C)CC(=O)c2c([nH]c3ccccc23)C1Cl. The number of aromatic nitrogens is 1. The molecular formula is C14H14ClNO. The Kier molecular flexibility index (Phi) is 2.14. The van der Waals surface area contributed by atoms with Gasteiger partial charge >= 0.3 is 0 Å². The second-order valence-electron chi connectivity index (χ2n) is 5.41. The van der Waals surface area contributed by atoms with Crippen LogP contribution in [0.15, 0.2) is 24.3 Å². The van der Waals surface area contributed by atoms with Crippen molar-refractivity contribution < 1.29 is 4.79 Å². The number of Topliss-reactive ketones (excluding diaryl/α,β-unsaturated/α-hetero) is 1. The van der Waals surface area contributed by atoms with E-state index in [-0.39, 0.29) is 16.6 Å². The summed E-state index contributed by atoms with van der Waals surface area (Å²) in [6, 6.07) is 7.87. The van der Waals surface area contributed by atoms with E-state index in [2.05, 4.69) is 4.98 Å². The first-order valence-corrected chi connectivity index (χ1v) is 6.22. The molecule has 0 saturated carbocycles. The highest BCUT2D eigenvalue weighted by molar-refractivity contribution is 6.24. The van der Waals surface area contributed by atoms with Gasteiger partial charge < -0.3 is 4.98 Å². The summed E-state index contributed by atoms with van der Waals surface area (Å²) in [7, 11) is 0. The maximum atomic E-state index is 12.2. The number of alkyl halides is 1. The lowest BCUT2D eigenvalue weighted by atomic mass is 9.75. The van der Waals surface area contributed by atoms with Gasteiger partial charge in [-0.1, -0.05) is 32.0 Å². The molecule has 1 unspecified atom stereocenters. The Bertz CT molecular complexity index is 612. The standard InChI is InChI=1S/C14H14ClNO/c1-14(2)7-10(17)11-8-5-3-4-6-9(8)16-12(11)13(14)15/h3-6,13,16H,7H2,1-2H3. The molecule has 1 aliphatic carbocycles. The highest BCUT2D eigenvalue weighted by Crippen LogP contribution is 2.48. The molecule has 2 aromatic rings. The van der Waals surface area contributed by atoms with Crippen LogP contribution in [0.4, 0.5) is 0 Å². The Morgan fingerprint density at radius 2 is 2.06 bits per heavy atom. The Hall–Kier alpha value is -1.28. The Balaban J connectivity index is 2.34. The number of hydrogen-bond acceptors (Lipinski definition) is 1. The van der Waals surface area contributed by atoms with Gasteiger partial charge in [-0.2, -0.15) is 0 Å². The number of benzene rings is 1. The summed E-state index contributed by atoms with van der Waals surface area (Å²) in [6.07, 6.45) is 0.510. The molecule has 1 heterocycles. The molecular weight excluding hydrogens is 234 g/mol. The summed E-state index contributed by atoms with van der Waals surface area (Å²) < 4.78 is 0. The number of halogens is 1. The number of carbonyl (C=O) groups is 1. The molecule has 0 fully saturated rings. The van der Waals surface area contributed by atoms with Crippen LogP contribution in [0, 0.1) is 5.41 Å². The molecule has 1 aliphatic rings. The van der Waals surface area contributed by atoms with E-state index in [0.29, 0.717) is 6.42 Å². The van der Waals surface area contributed by atoms with Gasteiger partial charge in [-0.15, -0.1) is 11.6 Å². The van der Waals surface area contributed by atoms with Crippen LogP contribution < -0.4 is 0 Å². The number of rotatable bonds is 0. The van der Waals surface area contributed by atoms with Crippen LogP contribution in [0.3, 0.4) is 0 Å². The van der Waals surface area contributed by atoms with Crippen molar-refractivity contribution in [3.8, 4) is 0 Å². The first-order chi connectivity index (χ1) is 8.00. The van der Waals surface area contributed by atoms with Crippen LogP contribution in [-0.2, 0) is 0 Å². The maximum Gasteiger partial charge on any atom is 0.165 e. The fourth-order valence-corrected chi connectivity index (χ4v) is 2.88. The van der Waals surface area contributed by atoms with Crippen LogP contribution in [-0.4, -0.2) is 10.8 Å². The molecule has 1 atom stereocenters. The number of carbonyl (C=O) groups excluding carboxylic acids is 1. The molecule has 1 aromatic heterocycles. The number of para-hydroxylation sites is 1. The van der Waals surface area contributed by atoms with Crippen molar-refractivity contribution in [2.75, 3.05) is 0 Å². The minimum Gasteiger partial charge on any atom is -0.357 e. The number of H-pyrrole nitrogens is 1. The van der Waals surface area contributed by atoms with Crippen molar-refractivity contribution in [3.05, 3.63) is 35.5 Å². The molecule has 17 heavy (non-hydrogen) atoms. The fourth-order valence-electron chi connectivity index (χ4n) is 2.64. The van der Waals surface area contributed by atoms with E-state index in [9.17, 15) is 4.79 Å². The Morgan fingerprint density at radius 3 is 2.82 bits per heavy atom. The van der Waals surface area contributed by atoms with Crippen LogP contribution in [0.1, 0.15) is 41.7 Å². The Labute approximate surface area is 105 Å². The van der Waals surface area contributed by atoms with Gasteiger partial charge in [0.05, 0.1) is 5.38 Å². The molecule has 0 saturated heterocycles. The van der Waals surface area contributed by atoms with E-state index in [1.54, 1.807) is 0 Å². The monoisotopic (exact) mass is 247 g/mol. The lowest BCUT2D eigenvalue weighted by Crippen LogP contribution is -2.28. The summed E-state index contributed by atoms with van der Waals surface area (Å²) in [5.41, 5.74) is 2.48. The maximum absolute atomic E-state index is 12.2. The molecule has 3 rings (SSSR count). The molecule has 0 bridgehead atoms. The Morgan fingerprint density at radius 1 is 1.35 bits per heavy atom. The van der Waals surface area contributed by atoms with Gasteiger partial charge in [-0.05, 0) is 11.5 Å². The van der Waals surface area contributed by atoms with Crippen LogP contribution in [0.5, 0.6) is 0 Å². The van der Waals surface area contributed by atoms with Gasteiger partial charge in [0.1, 0.15) is 0 Å². The van der Waals surface area contributed by atoms with Crippen LogP contribution >= 0.6 is 11.6 Å². The molecule has 1 aromatic carbocycles. The van der Waals surface area contributed by atoms with Gasteiger partial charge in [-0.25, -0.2) is 0 Å². The second-order valence-corrected chi connectivity index (χ2v) is 5.85. The van der Waals surface area contributed by atoms with E-state index < -0.39 is 0 Å². The van der Waals surface area contributed by atoms with E-state index in [1.807, 2.05) is 38.1 Å². The first-order valence-electron chi connectivity index (χ1n) is 5.78. The average Bonchev–Trinajstić information content (AvgIpc) is 2.65. The molecule has 88 valence electrons. The lowest BCUT2D eigenvalue weighted by molar-refractivity contribution is 0.0909. The second kappa shape index (κ2) is 3.36. The number of fused-ring (bicyclic) bond motifs is 3. The lowest BCUT2D eigenvalue weighted by Gasteiger charge is -2.33. The predicted molar refractivity (Wildman–Crippen MR) is 69.6 cm³/mol. The number of aromatic amines is 1. The number of ketones is 1. The predicted octanol–water partition coefficient (Wildman–Crippen LogP) is 4.06. The van der Waals surface area contributed by atoms with Crippen LogP contribution in [0.2, 0.25) is 0 Å². The summed E-state index contributed by atoms with van der Waals surface area (Å²) >= 11 is 6.49. The van der Waals surface area contributed by atoms with Gasteiger partial charge in [0, 0.05) is 28.6 Å². The highest BCUT2D eigenvalue weighted by atomic mass is 35.5. The summed E-state index contributed by atoms with van der Waals surface area (Å²) in [4.78, 5) is 15.5. The van der Waals surface area contributed by atoms with Gasteiger partial charge in [0.25, 0.3) is 0 Å². The average molecular weight is 248 g/mol. The smallest absolute Gasteiger partial charge is 0.165 e. The molecule has 0 spiro atoms. The molecule has 0 radical (unpaired) electrons. The van der Waals surface area contributed by atoms with Crippen molar-refractivity contribution in [3.63, 3.8) is 0 Å². The fraction of sp³-hybridized carbons (Fsp3) is 0.357. The van der Waals surface area contributed by atoms with Crippen molar-refractivity contribution in [1.82, 2.24) is 4.98 Å². The molecule has 2 nitrogen and oxygen atoms in total. The minimum atomic E-state index is -0.188. The number of hydrogen-bond donors (Lipinski definition) is 1. The third-order valence-corrected chi connectivity index (χ3v) is 4.38. The third kappa shape index (κ3) is 1.44. The van der Waals surface area contributed by atoms with E-state index in [0.717, 1.165) is 22.2 Å². The van der Waals surface area contributed by atoms with Crippen molar-refractivity contribution in [2.24, 2.45) is 5.41 Å². The molecule has 0 aliphatic heterocycles. The first kappa shape index (κ1) is 10.8. The molecule has 1 N–H and O–H groups in total. The summed E-state index contributed by atoms with van der Waals surface area (Å²) in [5, 5.41) is 0.858.